The first-order valence-corrected chi connectivity index (χ1v) is 8.59. The summed E-state index contributed by atoms with van der Waals surface area (Å²) < 4.78 is 12.9. The smallest absolute Gasteiger partial charge is 0.237 e. The van der Waals surface area contributed by atoms with Gasteiger partial charge in [0.25, 0.3) is 0 Å². The van der Waals surface area contributed by atoms with Gasteiger partial charge in [0.2, 0.25) is 5.91 Å². The number of hydrogen-bond donors (Lipinski definition) is 1. The number of nitrogens with one attached hydrogen (secondary N) is 1. The highest BCUT2D eigenvalue weighted by molar-refractivity contribution is 8.00. The molecule has 2 rings (SSSR count). The SMILES string of the molecule is Cc1cccc(C(C)C)c1NC(=O)[C@H](C)Sc1ccc(F)cc1. The van der Waals surface area contributed by atoms with Crippen LogP contribution in [0.1, 0.15) is 37.8 Å². The van der Waals surface area contributed by atoms with Crippen molar-refractivity contribution < 1.29 is 9.18 Å². The molecule has 122 valence electrons. The summed E-state index contributed by atoms with van der Waals surface area (Å²) in [5, 5.41) is 2.79. The number of hydrogen-bond acceptors (Lipinski definition) is 2. The predicted molar refractivity (Wildman–Crippen MR) is 95.6 cm³/mol. The minimum Gasteiger partial charge on any atom is -0.325 e. The summed E-state index contributed by atoms with van der Waals surface area (Å²) in [6, 6.07) is 12.3. The van der Waals surface area contributed by atoms with Crippen LogP contribution in [-0.2, 0) is 4.79 Å². The minimum absolute atomic E-state index is 0.0458. The van der Waals surface area contributed by atoms with Crippen molar-refractivity contribution in [2.45, 2.75) is 43.8 Å². The first kappa shape index (κ1) is 17.5. The van der Waals surface area contributed by atoms with E-state index in [2.05, 4.69) is 19.2 Å². The van der Waals surface area contributed by atoms with Gasteiger partial charge in [-0.3, -0.25) is 4.79 Å². The maximum absolute atomic E-state index is 12.9. The Balaban J connectivity index is 2.11. The molecule has 0 radical (unpaired) electrons. The van der Waals surface area contributed by atoms with Crippen molar-refractivity contribution in [1.82, 2.24) is 0 Å². The summed E-state index contributed by atoms with van der Waals surface area (Å²) in [6.07, 6.45) is 0. The number of benzene rings is 2. The Bertz CT molecular complexity index is 682. The molecule has 0 unspecified atom stereocenters. The molecule has 2 nitrogen and oxygen atoms in total. The molecule has 1 atom stereocenters. The average molecular weight is 331 g/mol. The summed E-state index contributed by atoms with van der Waals surface area (Å²) in [4.78, 5) is 13.4. The van der Waals surface area contributed by atoms with E-state index in [0.29, 0.717) is 5.92 Å². The van der Waals surface area contributed by atoms with Crippen LogP contribution in [-0.4, -0.2) is 11.2 Å². The number of halogens is 1. The monoisotopic (exact) mass is 331 g/mol. The van der Waals surface area contributed by atoms with Crippen LogP contribution in [0, 0.1) is 12.7 Å². The molecular weight excluding hydrogens is 309 g/mol. The molecule has 23 heavy (non-hydrogen) atoms. The third-order valence-electron chi connectivity index (χ3n) is 3.67. The molecule has 0 aliphatic carbocycles. The Morgan fingerprint density at radius 1 is 1.09 bits per heavy atom. The van der Waals surface area contributed by atoms with Gasteiger partial charge in [0.05, 0.1) is 5.25 Å². The summed E-state index contributed by atoms with van der Waals surface area (Å²) in [6.45, 7) is 8.08. The molecule has 0 bridgehead atoms. The number of thioether (sulfide) groups is 1. The molecule has 0 fully saturated rings. The van der Waals surface area contributed by atoms with Gasteiger partial charge in [-0.1, -0.05) is 32.0 Å². The quantitative estimate of drug-likeness (QED) is 0.746. The lowest BCUT2D eigenvalue weighted by atomic mass is 9.98. The Hall–Kier alpha value is -1.81. The predicted octanol–water partition coefficient (Wildman–Crippen LogP) is 5.38. The Labute approximate surface area is 141 Å². The third-order valence-corrected chi connectivity index (χ3v) is 4.78. The molecular formula is C19H22FNOS. The van der Waals surface area contributed by atoms with Gasteiger partial charge in [-0.15, -0.1) is 11.8 Å². The van der Waals surface area contributed by atoms with Crippen LogP contribution in [0.2, 0.25) is 0 Å². The van der Waals surface area contributed by atoms with Crippen molar-refractivity contribution in [2.75, 3.05) is 5.32 Å². The van der Waals surface area contributed by atoms with Crippen molar-refractivity contribution in [3.8, 4) is 0 Å². The van der Waals surface area contributed by atoms with Crippen LogP contribution in [0.5, 0.6) is 0 Å². The summed E-state index contributed by atoms with van der Waals surface area (Å²) in [5.41, 5.74) is 3.10. The Morgan fingerprint density at radius 3 is 2.35 bits per heavy atom. The zero-order chi connectivity index (χ0) is 17.0. The maximum Gasteiger partial charge on any atom is 0.237 e. The van der Waals surface area contributed by atoms with Gasteiger partial charge in [-0.25, -0.2) is 4.39 Å². The molecule has 1 N–H and O–H groups in total. The van der Waals surface area contributed by atoms with E-state index in [9.17, 15) is 9.18 Å². The molecule has 2 aromatic carbocycles. The maximum atomic E-state index is 12.9. The number of para-hydroxylation sites is 1. The van der Waals surface area contributed by atoms with Crippen molar-refractivity contribution in [3.05, 3.63) is 59.4 Å². The zero-order valence-electron chi connectivity index (χ0n) is 13.9. The number of aryl methyl sites for hydroxylation is 1. The lowest BCUT2D eigenvalue weighted by Gasteiger charge is -2.18. The molecule has 0 saturated heterocycles. The lowest BCUT2D eigenvalue weighted by Crippen LogP contribution is -2.23. The number of anilines is 1. The van der Waals surface area contributed by atoms with Gasteiger partial charge < -0.3 is 5.32 Å². The largest absolute Gasteiger partial charge is 0.325 e. The van der Waals surface area contributed by atoms with E-state index in [-0.39, 0.29) is 17.0 Å². The number of carbonyl (C=O) groups excluding carboxylic acids is 1. The van der Waals surface area contributed by atoms with Crippen molar-refractivity contribution in [1.29, 1.82) is 0 Å². The summed E-state index contributed by atoms with van der Waals surface area (Å²) in [5.74, 6) is 0.0220. The minimum atomic E-state index is -0.270. The first-order valence-electron chi connectivity index (χ1n) is 7.71. The summed E-state index contributed by atoms with van der Waals surface area (Å²) >= 11 is 1.42. The molecule has 0 aliphatic heterocycles. The van der Waals surface area contributed by atoms with Crippen molar-refractivity contribution >= 4 is 23.4 Å². The van der Waals surface area contributed by atoms with E-state index < -0.39 is 0 Å². The van der Waals surface area contributed by atoms with E-state index in [1.54, 1.807) is 12.1 Å². The van der Waals surface area contributed by atoms with Gasteiger partial charge >= 0.3 is 0 Å². The number of rotatable bonds is 5. The van der Waals surface area contributed by atoms with Gasteiger partial charge in [-0.05, 0) is 55.2 Å². The molecule has 0 saturated carbocycles. The standard InChI is InChI=1S/C19H22FNOS/c1-12(2)17-7-5-6-13(3)18(17)21-19(22)14(4)23-16-10-8-15(20)9-11-16/h5-12,14H,1-4H3,(H,21,22)/t14-/m0/s1. The van der Waals surface area contributed by atoms with Crippen LogP contribution < -0.4 is 5.32 Å². The Morgan fingerprint density at radius 2 is 1.74 bits per heavy atom. The van der Waals surface area contributed by atoms with Crippen LogP contribution in [0.25, 0.3) is 0 Å². The molecule has 0 aromatic heterocycles. The normalized spacial score (nSPS) is 12.3. The van der Waals surface area contributed by atoms with Crippen LogP contribution in [0.3, 0.4) is 0 Å². The van der Waals surface area contributed by atoms with Crippen molar-refractivity contribution in [3.63, 3.8) is 0 Å². The second-order valence-electron chi connectivity index (χ2n) is 5.90. The first-order chi connectivity index (χ1) is 10.9. The topological polar surface area (TPSA) is 29.1 Å². The van der Waals surface area contributed by atoms with Crippen LogP contribution >= 0.6 is 11.8 Å². The van der Waals surface area contributed by atoms with E-state index in [0.717, 1.165) is 21.7 Å². The van der Waals surface area contributed by atoms with E-state index >= 15 is 0 Å². The third kappa shape index (κ3) is 4.58. The molecule has 1 amide bonds. The average Bonchev–Trinajstić information content (AvgIpc) is 2.51. The van der Waals surface area contributed by atoms with Gasteiger partial charge in [0.1, 0.15) is 5.82 Å². The fourth-order valence-electron chi connectivity index (χ4n) is 2.34. The second kappa shape index (κ2) is 7.64. The highest BCUT2D eigenvalue weighted by Gasteiger charge is 2.18. The molecule has 0 aliphatic rings. The highest BCUT2D eigenvalue weighted by Crippen LogP contribution is 2.29. The van der Waals surface area contributed by atoms with Gasteiger partial charge in [0, 0.05) is 10.6 Å². The highest BCUT2D eigenvalue weighted by atomic mass is 32.2. The molecule has 0 heterocycles. The zero-order valence-corrected chi connectivity index (χ0v) is 14.7. The van der Waals surface area contributed by atoms with Crippen LogP contribution in [0.15, 0.2) is 47.4 Å². The van der Waals surface area contributed by atoms with E-state index in [1.165, 1.54) is 23.9 Å². The fraction of sp³-hybridized carbons (Fsp3) is 0.316. The number of amides is 1. The second-order valence-corrected chi connectivity index (χ2v) is 7.31. The molecule has 0 spiro atoms. The Kier molecular flexibility index (Phi) is 5.83. The van der Waals surface area contributed by atoms with E-state index in [4.69, 9.17) is 0 Å². The van der Waals surface area contributed by atoms with Crippen molar-refractivity contribution in [2.24, 2.45) is 0 Å². The van der Waals surface area contributed by atoms with Gasteiger partial charge in [0.15, 0.2) is 0 Å². The van der Waals surface area contributed by atoms with E-state index in [1.807, 2.05) is 32.0 Å². The van der Waals surface area contributed by atoms with Crippen LogP contribution in [0.4, 0.5) is 10.1 Å². The fourth-order valence-corrected chi connectivity index (χ4v) is 3.21. The van der Waals surface area contributed by atoms with Gasteiger partial charge in [-0.2, -0.15) is 0 Å². The number of carbonyl (C=O) groups is 1. The lowest BCUT2D eigenvalue weighted by molar-refractivity contribution is -0.115. The molecule has 2 aromatic rings. The molecule has 4 heteroatoms. The summed E-state index contributed by atoms with van der Waals surface area (Å²) in [7, 11) is 0.